The molecule has 0 bridgehead atoms. The summed E-state index contributed by atoms with van der Waals surface area (Å²) < 4.78 is 9.79. The number of hydrogen-bond acceptors (Lipinski definition) is 1. The van der Waals surface area contributed by atoms with Gasteiger partial charge in [-0.2, -0.15) is 0 Å². The highest BCUT2D eigenvalue weighted by Gasteiger charge is 1.79. The molecule has 1 aromatic rings. The summed E-state index contributed by atoms with van der Waals surface area (Å²) in [5.74, 6) is 0. The van der Waals surface area contributed by atoms with Crippen molar-refractivity contribution in [3.63, 3.8) is 0 Å². The van der Waals surface area contributed by atoms with E-state index in [1.165, 1.54) is 0 Å². The molecule has 0 radical (unpaired) electrons. The van der Waals surface area contributed by atoms with E-state index in [4.69, 9.17) is 0 Å². The summed E-state index contributed by atoms with van der Waals surface area (Å²) in [6, 6.07) is 3.73. The maximum absolute atomic E-state index is 9.79. The van der Waals surface area contributed by atoms with Crippen molar-refractivity contribution < 1.29 is 4.21 Å². The topological polar surface area (TPSA) is 32.9 Å². The summed E-state index contributed by atoms with van der Waals surface area (Å²) in [5.41, 5.74) is 0.901. The first-order valence-electron chi connectivity index (χ1n) is 2.44. The molecule has 3 heteroatoms. The molecule has 0 aromatic carbocycles. The summed E-state index contributed by atoms with van der Waals surface area (Å²) in [5, 5.41) is 2.46. The molecular weight excluding hydrogens is 134 g/mol. The molecule has 0 saturated heterocycles. The molecule has 0 aliphatic heterocycles. The van der Waals surface area contributed by atoms with Crippen LogP contribution in [0, 0.1) is 0 Å². The molecule has 1 N–H and O–H groups in total. The molecule has 0 fully saturated rings. The third-order valence-electron chi connectivity index (χ3n) is 0.885. The van der Waals surface area contributed by atoms with Crippen molar-refractivity contribution in [2.24, 2.45) is 0 Å². The lowest BCUT2D eigenvalue weighted by Crippen LogP contribution is -1.65. The Bertz CT molecular complexity index is 253. The highest BCUT2D eigenvalue weighted by Crippen LogP contribution is 1.92. The Balaban J connectivity index is 2.92. The zero-order valence-corrected chi connectivity index (χ0v) is 5.44. The Labute approximate surface area is 56.3 Å². The molecule has 0 atom stereocenters. The first-order chi connectivity index (χ1) is 4.43. The average Bonchev–Trinajstić information content (AvgIpc) is 2.34. The van der Waals surface area contributed by atoms with Crippen molar-refractivity contribution >= 4 is 22.4 Å². The minimum atomic E-state index is 0.324. The van der Waals surface area contributed by atoms with Crippen LogP contribution < -0.4 is 0 Å². The van der Waals surface area contributed by atoms with Crippen LogP contribution in [0.3, 0.4) is 0 Å². The van der Waals surface area contributed by atoms with E-state index in [0.29, 0.717) is 11.3 Å². The molecule has 0 unspecified atom stereocenters. The average molecular weight is 139 g/mol. The highest BCUT2D eigenvalue weighted by atomic mass is 32.1. The molecule has 1 heterocycles. The molecular formula is C6H5NOS. The Hall–Kier alpha value is -1.05. The van der Waals surface area contributed by atoms with Crippen LogP contribution in [0.5, 0.6) is 0 Å². The van der Waals surface area contributed by atoms with Gasteiger partial charge < -0.3 is 4.98 Å². The van der Waals surface area contributed by atoms with Crippen LogP contribution >= 0.6 is 0 Å². The summed E-state index contributed by atoms with van der Waals surface area (Å²) in [6.07, 6.45) is 3.40. The molecule has 2 nitrogen and oxygen atoms in total. The van der Waals surface area contributed by atoms with Gasteiger partial charge in [0.1, 0.15) is 11.3 Å². The predicted molar refractivity (Wildman–Crippen MR) is 38.4 cm³/mol. The van der Waals surface area contributed by atoms with Crippen molar-refractivity contribution in [1.29, 1.82) is 0 Å². The molecule has 0 amide bonds. The first-order valence-corrected chi connectivity index (χ1v) is 3.18. The van der Waals surface area contributed by atoms with E-state index in [1.54, 1.807) is 12.3 Å². The number of rotatable bonds is 1. The monoisotopic (exact) mass is 139 g/mol. The number of aromatic nitrogens is 1. The SMILES string of the molecule is O=S=C=Cc1ccc[nH]1. The van der Waals surface area contributed by atoms with Gasteiger partial charge in [-0.15, -0.1) is 0 Å². The minimum Gasteiger partial charge on any atom is -0.361 e. The van der Waals surface area contributed by atoms with Gasteiger partial charge in [0.15, 0.2) is 0 Å². The lowest BCUT2D eigenvalue weighted by molar-refractivity contribution is 0.701. The quantitative estimate of drug-likeness (QED) is 0.569. The normalized spacial score (nSPS) is 8.00. The van der Waals surface area contributed by atoms with E-state index in [1.807, 2.05) is 12.1 Å². The fraction of sp³-hybridized carbons (Fsp3) is 0. The maximum Gasteiger partial charge on any atom is 0.142 e. The molecule has 1 aromatic heterocycles. The third-order valence-corrected chi connectivity index (χ3v) is 1.10. The van der Waals surface area contributed by atoms with Crippen molar-refractivity contribution in [1.82, 2.24) is 4.98 Å². The molecule has 0 aliphatic carbocycles. The van der Waals surface area contributed by atoms with Gasteiger partial charge in [-0.1, -0.05) is 0 Å². The zero-order valence-electron chi connectivity index (χ0n) is 4.63. The van der Waals surface area contributed by atoms with E-state index in [2.05, 4.69) is 10.0 Å². The molecule has 1 rings (SSSR count). The van der Waals surface area contributed by atoms with Gasteiger partial charge >= 0.3 is 0 Å². The van der Waals surface area contributed by atoms with E-state index in [-0.39, 0.29) is 0 Å². The van der Waals surface area contributed by atoms with Crippen LogP contribution in [-0.4, -0.2) is 14.2 Å². The van der Waals surface area contributed by atoms with Crippen LogP contribution in [0.1, 0.15) is 5.69 Å². The number of nitrogens with one attached hydrogen (secondary N) is 1. The number of aromatic amines is 1. The first kappa shape index (κ1) is 6.08. The zero-order chi connectivity index (χ0) is 6.53. The molecule has 0 aliphatic rings. The van der Waals surface area contributed by atoms with Gasteiger partial charge in [-0.05, 0) is 17.2 Å². The second-order valence-corrected chi connectivity index (χ2v) is 1.87. The van der Waals surface area contributed by atoms with Gasteiger partial charge in [0, 0.05) is 18.0 Å². The van der Waals surface area contributed by atoms with Crippen molar-refractivity contribution in [2.45, 2.75) is 0 Å². The summed E-state index contributed by atoms with van der Waals surface area (Å²) in [7, 11) is 0. The highest BCUT2D eigenvalue weighted by molar-refractivity contribution is 7.64. The van der Waals surface area contributed by atoms with E-state index in [9.17, 15) is 4.21 Å². The van der Waals surface area contributed by atoms with E-state index < -0.39 is 0 Å². The molecule has 0 spiro atoms. The molecule has 46 valence electrons. The molecule has 0 saturated carbocycles. The van der Waals surface area contributed by atoms with Crippen molar-refractivity contribution in [3.8, 4) is 0 Å². The van der Waals surface area contributed by atoms with Gasteiger partial charge in [0.25, 0.3) is 0 Å². The van der Waals surface area contributed by atoms with E-state index >= 15 is 0 Å². The fourth-order valence-corrected chi connectivity index (χ4v) is 0.697. The largest absolute Gasteiger partial charge is 0.361 e. The van der Waals surface area contributed by atoms with Crippen molar-refractivity contribution in [2.75, 3.05) is 0 Å². The number of hydrogen-bond donors (Lipinski definition) is 1. The summed E-state index contributed by atoms with van der Waals surface area (Å²) in [4.78, 5) is 2.90. The van der Waals surface area contributed by atoms with Gasteiger partial charge in [-0.25, -0.2) is 4.21 Å². The van der Waals surface area contributed by atoms with Gasteiger partial charge in [0.05, 0.1) is 0 Å². The Morgan fingerprint density at radius 3 is 3.22 bits per heavy atom. The Kier molecular flexibility index (Phi) is 2.07. The minimum absolute atomic E-state index is 0.324. The Morgan fingerprint density at radius 1 is 1.78 bits per heavy atom. The Morgan fingerprint density at radius 2 is 2.67 bits per heavy atom. The van der Waals surface area contributed by atoms with Gasteiger partial charge in [-0.3, -0.25) is 0 Å². The lowest BCUT2D eigenvalue weighted by Gasteiger charge is -1.74. The summed E-state index contributed by atoms with van der Waals surface area (Å²) >= 11 is 0.324. The molecule has 9 heavy (non-hydrogen) atoms. The fourth-order valence-electron chi connectivity index (χ4n) is 0.522. The van der Waals surface area contributed by atoms with Crippen LogP contribution in [0.4, 0.5) is 0 Å². The lowest BCUT2D eigenvalue weighted by atomic mass is 10.4. The third kappa shape index (κ3) is 1.72. The van der Waals surface area contributed by atoms with Crippen LogP contribution in [0.15, 0.2) is 18.3 Å². The van der Waals surface area contributed by atoms with Crippen LogP contribution in [-0.2, 0) is 11.3 Å². The summed E-state index contributed by atoms with van der Waals surface area (Å²) in [6.45, 7) is 0. The second kappa shape index (κ2) is 3.07. The maximum atomic E-state index is 9.79. The van der Waals surface area contributed by atoms with Crippen LogP contribution in [0.25, 0.3) is 6.08 Å². The van der Waals surface area contributed by atoms with Gasteiger partial charge in [0.2, 0.25) is 0 Å². The smallest absolute Gasteiger partial charge is 0.142 e. The van der Waals surface area contributed by atoms with Crippen molar-refractivity contribution in [3.05, 3.63) is 24.0 Å². The predicted octanol–water partition coefficient (Wildman–Crippen LogP) is 0.642. The standard InChI is InChI=1S/C6H5NOS/c8-9-5-3-6-2-1-4-7-6/h1-4,7H. The van der Waals surface area contributed by atoms with E-state index in [0.717, 1.165) is 5.69 Å². The van der Waals surface area contributed by atoms with Crippen LogP contribution in [0.2, 0.25) is 0 Å². The number of H-pyrrole nitrogens is 1. The second-order valence-electron chi connectivity index (χ2n) is 1.47.